The quantitative estimate of drug-likeness (QED) is 0.798. The van der Waals surface area contributed by atoms with Gasteiger partial charge in [0.1, 0.15) is 6.61 Å². The van der Waals surface area contributed by atoms with Gasteiger partial charge in [-0.3, -0.25) is 4.79 Å². The second kappa shape index (κ2) is 6.72. The third kappa shape index (κ3) is 3.82. The molecule has 96 valence electrons. The first-order chi connectivity index (χ1) is 8.56. The minimum absolute atomic E-state index is 0.277. The van der Waals surface area contributed by atoms with Gasteiger partial charge in [-0.2, -0.15) is 0 Å². The standard InChI is InChI=1S/C13H13F2NO2/c1-9-10(5-3-7-17)4-2-6-11(9)13(18)16-8-12(14)15/h2,4,6,12,17H,7-8H2,1H3,(H,16,18). The highest BCUT2D eigenvalue weighted by atomic mass is 19.3. The predicted molar refractivity (Wildman–Crippen MR) is 63.5 cm³/mol. The van der Waals surface area contributed by atoms with Gasteiger partial charge in [0, 0.05) is 11.1 Å². The van der Waals surface area contributed by atoms with Crippen molar-refractivity contribution in [1.29, 1.82) is 0 Å². The first-order valence-corrected chi connectivity index (χ1v) is 5.32. The molecule has 0 aromatic heterocycles. The van der Waals surface area contributed by atoms with Gasteiger partial charge in [-0.15, -0.1) is 0 Å². The number of hydrogen-bond donors (Lipinski definition) is 2. The fourth-order valence-corrected chi connectivity index (χ4v) is 1.42. The summed E-state index contributed by atoms with van der Waals surface area (Å²) in [4.78, 5) is 11.7. The Labute approximate surface area is 104 Å². The molecule has 18 heavy (non-hydrogen) atoms. The molecule has 2 N–H and O–H groups in total. The number of rotatable bonds is 3. The van der Waals surface area contributed by atoms with Crippen molar-refractivity contribution in [2.24, 2.45) is 0 Å². The van der Waals surface area contributed by atoms with E-state index >= 15 is 0 Å². The highest BCUT2D eigenvalue weighted by Gasteiger charge is 2.12. The van der Waals surface area contributed by atoms with Crippen molar-refractivity contribution in [2.45, 2.75) is 13.3 Å². The Morgan fingerprint density at radius 2 is 2.22 bits per heavy atom. The summed E-state index contributed by atoms with van der Waals surface area (Å²) in [6, 6.07) is 4.85. The minimum atomic E-state index is -2.58. The number of nitrogens with one attached hydrogen (secondary N) is 1. The van der Waals surface area contributed by atoms with Gasteiger partial charge in [-0.1, -0.05) is 17.9 Å². The summed E-state index contributed by atoms with van der Waals surface area (Å²) in [7, 11) is 0. The van der Waals surface area contributed by atoms with E-state index in [0.717, 1.165) is 0 Å². The summed E-state index contributed by atoms with van der Waals surface area (Å²) in [5, 5.41) is 10.7. The molecule has 0 saturated carbocycles. The minimum Gasteiger partial charge on any atom is -0.384 e. The monoisotopic (exact) mass is 253 g/mol. The third-order valence-electron chi connectivity index (χ3n) is 2.30. The van der Waals surface area contributed by atoms with Crippen LogP contribution in [0.15, 0.2) is 18.2 Å². The average Bonchev–Trinajstić information content (AvgIpc) is 2.34. The van der Waals surface area contributed by atoms with Crippen LogP contribution >= 0.6 is 0 Å². The van der Waals surface area contributed by atoms with E-state index in [1.165, 1.54) is 0 Å². The molecule has 1 amide bonds. The van der Waals surface area contributed by atoms with Gasteiger partial charge in [0.15, 0.2) is 0 Å². The maximum atomic E-state index is 12.0. The second-order valence-electron chi connectivity index (χ2n) is 3.54. The molecule has 0 fully saturated rings. The Morgan fingerprint density at radius 1 is 1.50 bits per heavy atom. The Morgan fingerprint density at radius 3 is 2.83 bits per heavy atom. The van der Waals surface area contributed by atoms with Gasteiger partial charge < -0.3 is 10.4 Å². The van der Waals surface area contributed by atoms with Crippen molar-refractivity contribution in [3.8, 4) is 11.8 Å². The molecular formula is C13H13F2NO2. The average molecular weight is 253 g/mol. The van der Waals surface area contributed by atoms with Gasteiger partial charge in [0.25, 0.3) is 12.3 Å². The van der Waals surface area contributed by atoms with Gasteiger partial charge in [0.2, 0.25) is 0 Å². The van der Waals surface area contributed by atoms with Crippen molar-refractivity contribution in [2.75, 3.05) is 13.2 Å². The molecule has 0 aliphatic rings. The molecule has 0 unspecified atom stereocenters. The normalized spacial score (nSPS) is 9.83. The highest BCUT2D eigenvalue weighted by Crippen LogP contribution is 2.12. The number of carbonyl (C=O) groups excluding carboxylic acids is 1. The second-order valence-corrected chi connectivity index (χ2v) is 3.54. The van der Waals surface area contributed by atoms with Crippen molar-refractivity contribution >= 4 is 5.91 Å². The number of benzene rings is 1. The lowest BCUT2D eigenvalue weighted by atomic mass is 10.0. The van der Waals surface area contributed by atoms with Crippen LogP contribution in [0.25, 0.3) is 0 Å². The molecule has 1 rings (SSSR count). The van der Waals surface area contributed by atoms with Gasteiger partial charge in [0.05, 0.1) is 6.54 Å². The van der Waals surface area contributed by atoms with E-state index in [0.29, 0.717) is 16.7 Å². The molecule has 3 nitrogen and oxygen atoms in total. The Hall–Kier alpha value is -1.93. The summed E-state index contributed by atoms with van der Waals surface area (Å²) >= 11 is 0. The Balaban J connectivity index is 2.92. The smallest absolute Gasteiger partial charge is 0.255 e. The fourth-order valence-electron chi connectivity index (χ4n) is 1.42. The van der Waals surface area contributed by atoms with Crippen LogP contribution in [0.5, 0.6) is 0 Å². The van der Waals surface area contributed by atoms with Crippen LogP contribution in [-0.2, 0) is 0 Å². The zero-order chi connectivity index (χ0) is 13.5. The number of aliphatic hydroxyl groups excluding tert-OH is 1. The van der Waals surface area contributed by atoms with Crippen molar-refractivity contribution in [1.82, 2.24) is 5.32 Å². The maximum Gasteiger partial charge on any atom is 0.255 e. The lowest BCUT2D eigenvalue weighted by Crippen LogP contribution is -2.29. The predicted octanol–water partition coefficient (Wildman–Crippen LogP) is 1.33. The summed E-state index contributed by atoms with van der Waals surface area (Å²) < 4.78 is 24.0. The Kier molecular flexibility index (Phi) is 5.28. The molecule has 0 aliphatic carbocycles. The van der Waals surface area contributed by atoms with Crippen LogP contribution in [0.1, 0.15) is 21.5 Å². The SMILES string of the molecule is Cc1c(C#CCO)cccc1C(=O)NCC(F)F. The van der Waals surface area contributed by atoms with Crippen molar-refractivity contribution in [3.05, 3.63) is 34.9 Å². The van der Waals surface area contributed by atoms with Gasteiger partial charge in [-0.05, 0) is 24.6 Å². The number of aliphatic hydroxyl groups is 1. The molecule has 0 saturated heterocycles. The summed E-state index contributed by atoms with van der Waals surface area (Å²) in [6.07, 6.45) is -2.58. The molecule has 1 aromatic rings. The topological polar surface area (TPSA) is 49.3 Å². The molecule has 0 atom stereocenters. The Bertz CT molecular complexity index is 489. The third-order valence-corrected chi connectivity index (χ3v) is 2.30. The molecule has 0 radical (unpaired) electrons. The van der Waals surface area contributed by atoms with Gasteiger partial charge >= 0.3 is 0 Å². The van der Waals surface area contributed by atoms with Crippen LogP contribution in [0.2, 0.25) is 0 Å². The molecule has 5 heteroatoms. The number of hydrogen-bond acceptors (Lipinski definition) is 2. The zero-order valence-electron chi connectivity index (χ0n) is 9.84. The molecular weight excluding hydrogens is 240 g/mol. The van der Waals surface area contributed by atoms with E-state index in [1.807, 2.05) is 0 Å². The highest BCUT2D eigenvalue weighted by molar-refractivity contribution is 5.96. The van der Waals surface area contributed by atoms with Crippen molar-refractivity contribution in [3.63, 3.8) is 0 Å². The summed E-state index contributed by atoms with van der Waals surface area (Å²) in [6.45, 7) is 0.727. The van der Waals surface area contributed by atoms with Crippen molar-refractivity contribution < 1.29 is 18.7 Å². The first kappa shape index (κ1) is 14.1. The first-order valence-electron chi connectivity index (χ1n) is 5.32. The molecule has 0 bridgehead atoms. The lowest BCUT2D eigenvalue weighted by molar-refractivity contribution is 0.0891. The zero-order valence-corrected chi connectivity index (χ0v) is 9.84. The van der Waals surface area contributed by atoms with Crippen LogP contribution in [-0.4, -0.2) is 30.6 Å². The van der Waals surface area contributed by atoms with Crippen LogP contribution in [0.3, 0.4) is 0 Å². The van der Waals surface area contributed by atoms with E-state index in [9.17, 15) is 13.6 Å². The number of carbonyl (C=O) groups is 1. The lowest BCUT2D eigenvalue weighted by Gasteiger charge is -2.08. The van der Waals surface area contributed by atoms with Gasteiger partial charge in [-0.25, -0.2) is 8.78 Å². The fraction of sp³-hybridized carbons (Fsp3) is 0.308. The number of amides is 1. The van der Waals surface area contributed by atoms with E-state index in [2.05, 4.69) is 17.2 Å². The maximum absolute atomic E-state index is 12.0. The van der Waals surface area contributed by atoms with E-state index < -0.39 is 18.9 Å². The van der Waals surface area contributed by atoms with Crippen LogP contribution in [0.4, 0.5) is 8.78 Å². The van der Waals surface area contributed by atoms with Crippen LogP contribution < -0.4 is 5.32 Å². The number of halogens is 2. The number of alkyl halides is 2. The summed E-state index contributed by atoms with van der Waals surface area (Å²) in [5.41, 5.74) is 1.50. The largest absolute Gasteiger partial charge is 0.384 e. The summed E-state index contributed by atoms with van der Waals surface area (Å²) in [5.74, 6) is 4.62. The molecule has 0 spiro atoms. The molecule has 1 aromatic carbocycles. The van der Waals surface area contributed by atoms with E-state index in [4.69, 9.17) is 5.11 Å². The molecule has 0 heterocycles. The van der Waals surface area contributed by atoms with E-state index in [1.54, 1.807) is 25.1 Å². The van der Waals surface area contributed by atoms with Crippen LogP contribution in [0, 0.1) is 18.8 Å². The van der Waals surface area contributed by atoms with E-state index in [-0.39, 0.29) is 6.61 Å². The molecule has 0 aliphatic heterocycles.